The highest BCUT2D eigenvalue weighted by Gasteiger charge is 2.23. The van der Waals surface area contributed by atoms with Gasteiger partial charge in [-0.2, -0.15) is 0 Å². The molecule has 3 aromatic rings. The summed E-state index contributed by atoms with van der Waals surface area (Å²) in [6, 6.07) is 23.8. The van der Waals surface area contributed by atoms with Crippen LogP contribution in [0.3, 0.4) is 0 Å². The van der Waals surface area contributed by atoms with Crippen LogP contribution in [0, 0.1) is 0 Å². The van der Waals surface area contributed by atoms with Crippen LogP contribution in [0.5, 0.6) is 0 Å². The van der Waals surface area contributed by atoms with Crippen molar-refractivity contribution in [3.05, 3.63) is 77.9 Å². The van der Waals surface area contributed by atoms with E-state index in [4.69, 9.17) is 0 Å². The molecule has 3 unspecified atom stereocenters. The third kappa shape index (κ3) is 5.66. The van der Waals surface area contributed by atoms with Crippen LogP contribution >= 0.6 is 0 Å². The molecule has 0 spiro atoms. The summed E-state index contributed by atoms with van der Waals surface area (Å²) in [6.07, 6.45) is 7.13. The lowest BCUT2D eigenvalue weighted by molar-refractivity contribution is 0.400. The molecule has 0 radical (unpaired) electrons. The Balaban J connectivity index is 1.47. The van der Waals surface area contributed by atoms with Gasteiger partial charge in [-0.05, 0) is 66.1 Å². The van der Waals surface area contributed by atoms with E-state index in [1.807, 2.05) is 12.1 Å². The summed E-state index contributed by atoms with van der Waals surface area (Å²) in [5, 5.41) is 6.53. The quantitative estimate of drug-likeness (QED) is 0.468. The van der Waals surface area contributed by atoms with E-state index in [2.05, 4.69) is 71.6 Å². The molecule has 31 heavy (non-hydrogen) atoms. The molecule has 1 aliphatic carbocycles. The number of hydrogen-bond acceptors (Lipinski definition) is 3. The molecule has 1 saturated carbocycles. The molecule has 0 aromatic heterocycles. The molecule has 3 aromatic carbocycles. The van der Waals surface area contributed by atoms with Crippen LogP contribution < -0.4 is 10.0 Å². The van der Waals surface area contributed by atoms with Gasteiger partial charge in [0.15, 0.2) is 0 Å². The molecule has 164 valence electrons. The maximum Gasteiger partial charge on any atom is 0.229 e. The molecule has 1 fully saturated rings. The monoisotopic (exact) mass is 436 g/mol. The lowest BCUT2D eigenvalue weighted by Gasteiger charge is -2.26. The van der Waals surface area contributed by atoms with E-state index in [9.17, 15) is 8.42 Å². The molecule has 1 aliphatic rings. The van der Waals surface area contributed by atoms with Crippen LogP contribution in [0.25, 0.3) is 10.8 Å². The first-order valence-corrected chi connectivity index (χ1v) is 13.1. The Bertz CT molecular complexity index is 1120. The molecule has 2 N–H and O–H groups in total. The molecular formula is C26H32N2O2S. The zero-order valence-corrected chi connectivity index (χ0v) is 19.2. The number of anilines is 1. The van der Waals surface area contributed by atoms with Crippen molar-refractivity contribution in [1.82, 2.24) is 5.32 Å². The maximum atomic E-state index is 11.5. The number of sulfonamides is 1. The molecule has 0 aliphatic heterocycles. The van der Waals surface area contributed by atoms with E-state index < -0.39 is 10.0 Å². The van der Waals surface area contributed by atoms with Gasteiger partial charge in [0.05, 0.1) is 6.26 Å². The van der Waals surface area contributed by atoms with E-state index in [1.165, 1.54) is 53.8 Å². The van der Waals surface area contributed by atoms with Gasteiger partial charge in [-0.3, -0.25) is 4.72 Å². The van der Waals surface area contributed by atoms with Crippen LogP contribution in [0.4, 0.5) is 5.69 Å². The Labute approximate surface area is 186 Å². The van der Waals surface area contributed by atoms with Crippen molar-refractivity contribution in [1.29, 1.82) is 0 Å². The van der Waals surface area contributed by atoms with Gasteiger partial charge in [-0.1, -0.05) is 67.4 Å². The van der Waals surface area contributed by atoms with Crippen LogP contribution in [0.2, 0.25) is 0 Å². The zero-order chi connectivity index (χ0) is 21.8. The van der Waals surface area contributed by atoms with Crippen molar-refractivity contribution in [2.75, 3.05) is 11.0 Å². The Morgan fingerprint density at radius 3 is 2.39 bits per heavy atom. The predicted octanol–water partition coefficient (Wildman–Crippen LogP) is 5.98. The van der Waals surface area contributed by atoms with Crippen molar-refractivity contribution in [3.8, 4) is 0 Å². The highest BCUT2D eigenvalue weighted by atomic mass is 32.2. The number of hydrogen-bond donors (Lipinski definition) is 2. The molecular weight excluding hydrogens is 404 g/mol. The second kappa shape index (κ2) is 9.41. The zero-order valence-electron chi connectivity index (χ0n) is 18.3. The lowest BCUT2D eigenvalue weighted by Crippen LogP contribution is -2.32. The fourth-order valence-corrected chi connectivity index (χ4v) is 5.49. The first-order chi connectivity index (χ1) is 14.9. The minimum Gasteiger partial charge on any atom is -0.307 e. The van der Waals surface area contributed by atoms with E-state index in [0.717, 1.165) is 6.42 Å². The fourth-order valence-electron chi connectivity index (χ4n) is 4.92. The summed E-state index contributed by atoms with van der Waals surface area (Å²) in [6.45, 7) is 2.27. The average Bonchev–Trinajstić information content (AvgIpc) is 2.98. The summed E-state index contributed by atoms with van der Waals surface area (Å²) < 4.78 is 25.5. The number of rotatable bonds is 6. The average molecular weight is 437 g/mol. The Kier molecular flexibility index (Phi) is 6.63. The third-order valence-electron chi connectivity index (χ3n) is 6.39. The maximum absolute atomic E-state index is 11.5. The van der Waals surface area contributed by atoms with Crippen molar-refractivity contribution >= 4 is 26.5 Å². The van der Waals surface area contributed by atoms with Gasteiger partial charge in [0.25, 0.3) is 0 Å². The molecule has 0 saturated heterocycles. The molecule has 0 heterocycles. The molecule has 5 heteroatoms. The number of nitrogens with one attached hydrogen (secondary N) is 2. The highest BCUT2D eigenvalue weighted by molar-refractivity contribution is 7.92. The summed E-state index contributed by atoms with van der Waals surface area (Å²) in [4.78, 5) is 0. The number of benzene rings is 3. The molecule has 4 rings (SSSR count). The van der Waals surface area contributed by atoms with Gasteiger partial charge < -0.3 is 5.32 Å². The lowest BCUT2D eigenvalue weighted by atomic mass is 9.89. The smallest absolute Gasteiger partial charge is 0.229 e. The Morgan fingerprint density at radius 1 is 0.903 bits per heavy atom. The van der Waals surface area contributed by atoms with Gasteiger partial charge in [0, 0.05) is 17.8 Å². The number of fused-ring (bicyclic) bond motifs is 1. The van der Waals surface area contributed by atoms with Crippen molar-refractivity contribution in [2.45, 2.75) is 57.0 Å². The topological polar surface area (TPSA) is 58.2 Å². The molecule has 3 atom stereocenters. The first-order valence-electron chi connectivity index (χ1n) is 11.2. The molecule has 0 bridgehead atoms. The van der Waals surface area contributed by atoms with Gasteiger partial charge in [0.1, 0.15) is 0 Å². The third-order valence-corrected chi connectivity index (χ3v) is 6.99. The minimum absolute atomic E-state index is 0.288. The highest BCUT2D eigenvalue weighted by Crippen LogP contribution is 2.34. The van der Waals surface area contributed by atoms with Crippen LogP contribution in [0.15, 0.2) is 66.7 Å². The van der Waals surface area contributed by atoms with Crippen LogP contribution in [-0.4, -0.2) is 20.7 Å². The van der Waals surface area contributed by atoms with E-state index >= 15 is 0 Å². The molecule has 4 nitrogen and oxygen atoms in total. The van der Waals surface area contributed by atoms with Gasteiger partial charge >= 0.3 is 0 Å². The first kappa shape index (κ1) is 21.8. The summed E-state index contributed by atoms with van der Waals surface area (Å²) in [5.41, 5.74) is 3.28. The standard InChI is InChI=1S/C26H32N2O2S/c1-19(25-13-7-10-21-8-4-6-12-26(21)25)27-24-11-5-3-9-22(18-24)20-14-16-23(17-15-20)28-31(2,29)30/h4,6-8,10,12-17,19,22,24,27-28H,3,5,9,11,18H2,1-2H3. The predicted molar refractivity (Wildman–Crippen MR) is 130 cm³/mol. The SMILES string of the molecule is CC(NC1CCCCC(c2ccc(NS(C)(=O)=O)cc2)C1)c1cccc2ccccc12. The normalized spacial score (nSPS) is 20.8. The van der Waals surface area contributed by atoms with Gasteiger partial charge in [-0.25, -0.2) is 8.42 Å². The summed E-state index contributed by atoms with van der Waals surface area (Å²) in [5.74, 6) is 0.493. The van der Waals surface area contributed by atoms with Crippen molar-refractivity contribution < 1.29 is 8.42 Å². The van der Waals surface area contributed by atoms with E-state index in [-0.39, 0.29) is 6.04 Å². The van der Waals surface area contributed by atoms with Crippen LogP contribution in [0.1, 0.15) is 62.1 Å². The van der Waals surface area contributed by atoms with E-state index in [0.29, 0.717) is 17.6 Å². The Hall–Kier alpha value is -2.37. The second-order valence-corrected chi connectivity index (χ2v) is 10.6. The van der Waals surface area contributed by atoms with Crippen molar-refractivity contribution in [2.24, 2.45) is 0 Å². The fraction of sp³-hybridized carbons (Fsp3) is 0.385. The second-order valence-electron chi connectivity index (χ2n) is 8.87. The molecule has 0 amide bonds. The minimum atomic E-state index is -3.25. The largest absolute Gasteiger partial charge is 0.307 e. The van der Waals surface area contributed by atoms with E-state index in [1.54, 1.807) is 0 Å². The van der Waals surface area contributed by atoms with Crippen molar-refractivity contribution in [3.63, 3.8) is 0 Å². The van der Waals surface area contributed by atoms with Crippen LogP contribution in [-0.2, 0) is 10.0 Å². The van der Waals surface area contributed by atoms with Gasteiger partial charge in [0.2, 0.25) is 10.0 Å². The summed E-state index contributed by atoms with van der Waals surface area (Å²) >= 11 is 0. The Morgan fingerprint density at radius 2 is 1.61 bits per heavy atom. The van der Waals surface area contributed by atoms with Gasteiger partial charge in [-0.15, -0.1) is 0 Å². The summed E-state index contributed by atoms with van der Waals surface area (Å²) in [7, 11) is -3.25.